The van der Waals surface area contributed by atoms with Crippen molar-refractivity contribution < 1.29 is 28.0 Å². The SMILES string of the molecule is CCCCCCCCCCCCCCCCCCCCCCCC(O)C(=O)NC(CS(=O)(=O)O)C(O)CCCCCCCCCCCCCCCCCC. The number of aliphatic hydroxyl groups excluding tert-OH is 2. The van der Waals surface area contributed by atoms with Crippen LogP contribution in [0.25, 0.3) is 0 Å². The lowest BCUT2D eigenvalue weighted by molar-refractivity contribution is -0.131. The van der Waals surface area contributed by atoms with Gasteiger partial charge in [-0.1, -0.05) is 251 Å². The molecule has 0 saturated carbocycles. The fourth-order valence-electron chi connectivity index (χ4n) is 7.76. The molecular weight excluding hydrogens is 695 g/mol. The third kappa shape index (κ3) is 39.5. The predicted octanol–water partition coefficient (Wildman–Crippen LogP) is 13.3. The first-order valence-electron chi connectivity index (χ1n) is 23.8. The van der Waals surface area contributed by atoms with Gasteiger partial charge in [-0.15, -0.1) is 0 Å². The molecule has 0 aliphatic rings. The van der Waals surface area contributed by atoms with Crippen molar-refractivity contribution in [2.45, 2.75) is 283 Å². The van der Waals surface area contributed by atoms with Gasteiger partial charge in [-0.05, 0) is 12.8 Å². The fourth-order valence-corrected chi connectivity index (χ4v) is 8.52. The Bertz CT molecular complexity index is 884. The van der Waals surface area contributed by atoms with Crippen molar-refractivity contribution in [1.29, 1.82) is 0 Å². The summed E-state index contributed by atoms with van der Waals surface area (Å²) < 4.78 is 32.7. The second-order valence-corrected chi connectivity index (χ2v) is 18.4. The van der Waals surface area contributed by atoms with Crippen molar-refractivity contribution in [3.63, 3.8) is 0 Å². The molecular formula is C46H93NO6S. The van der Waals surface area contributed by atoms with Crippen LogP contribution in [0.4, 0.5) is 0 Å². The van der Waals surface area contributed by atoms with Gasteiger partial charge in [0.1, 0.15) is 6.10 Å². The monoisotopic (exact) mass is 788 g/mol. The first-order chi connectivity index (χ1) is 26.2. The number of hydrogen-bond acceptors (Lipinski definition) is 5. The van der Waals surface area contributed by atoms with Crippen LogP contribution in [0.15, 0.2) is 0 Å². The van der Waals surface area contributed by atoms with Gasteiger partial charge in [0.15, 0.2) is 0 Å². The van der Waals surface area contributed by atoms with E-state index in [4.69, 9.17) is 0 Å². The van der Waals surface area contributed by atoms with Crippen molar-refractivity contribution >= 4 is 16.0 Å². The van der Waals surface area contributed by atoms with Crippen LogP contribution in [-0.2, 0) is 14.9 Å². The highest BCUT2D eigenvalue weighted by Gasteiger charge is 2.28. The first kappa shape index (κ1) is 53.3. The molecule has 4 N–H and O–H groups in total. The third-order valence-electron chi connectivity index (χ3n) is 11.4. The van der Waals surface area contributed by atoms with E-state index in [1.807, 2.05) is 0 Å². The van der Waals surface area contributed by atoms with Gasteiger partial charge >= 0.3 is 0 Å². The predicted molar refractivity (Wildman–Crippen MR) is 232 cm³/mol. The molecule has 0 aromatic heterocycles. The Kier molecular flexibility index (Phi) is 40.0. The number of rotatable bonds is 44. The first-order valence-corrected chi connectivity index (χ1v) is 25.4. The maximum Gasteiger partial charge on any atom is 0.266 e. The van der Waals surface area contributed by atoms with Gasteiger partial charge in [0.05, 0.1) is 17.9 Å². The molecule has 3 atom stereocenters. The second kappa shape index (κ2) is 40.5. The number of carbonyl (C=O) groups excluding carboxylic acids is 1. The Morgan fingerprint density at radius 3 is 0.926 bits per heavy atom. The lowest BCUT2D eigenvalue weighted by atomic mass is 10.0. The standard InChI is InChI=1S/C46H93NO6S/c1-3-5-7-9-11-13-15-17-19-21-22-23-24-25-27-29-31-33-35-37-39-41-45(49)46(50)47-43(42-54(51,52)53)44(48)40-38-36-34-32-30-28-26-20-18-16-14-12-10-8-6-4-2/h43-45,48-49H,3-42H2,1-2H3,(H,47,50)(H,51,52,53). The summed E-state index contributed by atoms with van der Waals surface area (Å²) in [5, 5.41) is 23.6. The van der Waals surface area contributed by atoms with Gasteiger partial charge in [0, 0.05) is 0 Å². The molecule has 1 amide bonds. The molecule has 0 aliphatic heterocycles. The number of carbonyl (C=O) groups is 1. The summed E-state index contributed by atoms with van der Waals surface area (Å²) in [6.45, 7) is 4.54. The molecule has 7 nitrogen and oxygen atoms in total. The molecule has 3 unspecified atom stereocenters. The lowest BCUT2D eigenvalue weighted by Gasteiger charge is -2.24. The smallest absolute Gasteiger partial charge is 0.266 e. The van der Waals surface area contributed by atoms with E-state index in [1.165, 1.54) is 193 Å². The molecule has 54 heavy (non-hydrogen) atoms. The Labute approximate surface area is 336 Å². The van der Waals surface area contributed by atoms with E-state index in [0.29, 0.717) is 12.8 Å². The largest absolute Gasteiger partial charge is 0.391 e. The average Bonchev–Trinajstić information content (AvgIpc) is 3.14. The van der Waals surface area contributed by atoms with E-state index >= 15 is 0 Å². The van der Waals surface area contributed by atoms with Crippen molar-refractivity contribution in [2.75, 3.05) is 5.75 Å². The zero-order chi connectivity index (χ0) is 39.8. The highest BCUT2D eigenvalue weighted by atomic mass is 32.2. The summed E-state index contributed by atoms with van der Waals surface area (Å²) >= 11 is 0. The molecule has 0 aromatic rings. The molecule has 0 spiro atoms. The normalized spacial score (nSPS) is 13.6. The summed E-state index contributed by atoms with van der Waals surface area (Å²) in [5.74, 6) is -1.44. The van der Waals surface area contributed by atoms with Crippen LogP contribution in [0.5, 0.6) is 0 Å². The van der Waals surface area contributed by atoms with Gasteiger partial charge in [0.25, 0.3) is 10.1 Å². The number of amides is 1. The van der Waals surface area contributed by atoms with E-state index in [1.54, 1.807) is 0 Å². The number of nitrogens with one attached hydrogen (secondary N) is 1. The van der Waals surface area contributed by atoms with Gasteiger partial charge in [-0.25, -0.2) is 0 Å². The van der Waals surface area contributed by atoms with Crippen LogP contribution in [0, 0.1) is 0 Å². The molecule has 0 saturated heterocycles. The molecule has 0 rings (SSSR count). The Morgan fingerprint density at radius 1 is 0.426 bits per heavy atom. The molecule has 0 fully saturated rings. The van der Waals surface area contributed by atoms with Crippen molar-refractivity contribution in [3.8, 4) is 0 Å². The van der Waals surface area contributed by atoms with Crippen LogP contribution in [-0.4, -0.2) is 53.1 Å². The zero-order valence-electron chi connectivity index (χ0n) is 36.0. The van der Waals surface area contributed by atoms with Crippen LogP contribution < -0.4 is 5.32 Å². The van der Waals surface area contributed by atoms with Crippen LogP contribution in [0.2, 0.25) is 0 Å². The second-order valence-electron chi connectivity index (χ2n) is 16.9. The molecule has 0 aromatic carbocycles. The lowest BCUT2D eigenvalue weighted by Crippen LogP contribution is -2.50. The minimum absolute atomic E-state index is 0.304. The topological polar surface area (TPSA) is 124 Å². The molecule has 0 radical (unpaired) electrons. The average molecular weight is 788 g/mol. The van der Waals surface area contributed by atoms with Crippen molar-refractivity contribution in [2.24, 2.45) is 0 Å². The van der Waals surface area contributed by atoms with Gasteiger partial charge in [0.2, 0.25) is 5.91 Å². The van der Waals surface area contributed by atoms with Crippen molar-refractivity contribution in [1.82, 2.24) is 5.32 Å². The Hall–Kier alpha value is -0.700. The molecule has 324 valence electrons. The fraction of sp³-hybridized carbons (Fsp3) is 0.978. The van der Waals surface area contributed by atoms with E-state index < -0.39 is 40.0 Å². The van der Waals surface area contributed by atoms with Gasteiger partial charge in [-0.2, -0.15) is 8.42 Å². The quantitative estimate of drug-likeness (QED) is 0.0360. The number of hydrogen-bond donors (Lipinski definition) is 4. The zero-order valence-corrected chi connectivity index (χ0v) is 36.8. The van der Waals surface area contributed by atoms with E-state index in [2.05, 4.69) is 19.2 Å². The summed E-state index contributed by atoms with van der Waals surface area (Å²) in [4.78, 5) is 12.7. The maximum absolute atomic E-state index is 12.7. The van der Waals surface area contributed by atoms with Gasteiger partial charge < -0.3 is 15.5 Å². The van der Waals surface area contributed by atoms with Crippen LogP contribution in [0.3, 0.4) is 0 Å². The number of aliphatic hydroxyl groups is 2. The minimum Gasteiger partial charge on any atom is -0.391 e. The highest BCUT2D eigenvalue weighted by Crippen LogP contribution is 2.18. The van der Waals surface area contributed by atoms with Crippen LogP contribution in [0.1, 0.15) is 264 Å². The van der Waals surface area contributed by atoms with Crippen LogP contribution >= 0.6 is 0 Å². The van der Waals surface area contributed by atoms with Crippen molar-refractivity contribution in [3.05, 3.63) is 0 Å². The Morgan fingerprint density at radius 2 is 0.667 bits per heavy atom. The highest BCUT2D eigenvalue weighted by molar-refractivity contribution is 7.85. The molecule has 0 heterocycles. The Balaban J connectivity index is 3.84. The number of unbranched alkanes of at least 4 members (excludes halogenated alkanes) is 35. The molecule has 0 aliphatic carbocycles. The summed E-state index contributed by atoms with van der Waals surface area (Å²) in [7, 11) is -4.41. The van der Waals surface area contributed by atoms with E-state index in [0.717, 1.165) is 44.9 Å². The van der Waals surface area contributed by atoms with Gasteiger partial charge in [-0.3, -0.25) is 9.35 Å². The maximum atomic E-state index is 12.7. The van der Waals surface area contributed by atoms with E-state index in [-0.39, 0.29) is 0 Å². The summed E-state index contributed by atoms with van der Waals surface area (Å²) in [6, 6.07) is -1.14. The molecule has 0 bridgehead atoms. The summed E-state index contributed by atoms with van der Waals surface area (Å²) in [6.07, 6.45) is 45.5. The molecule has 8 heteroatoms. The van der Waals surface area contributed by atoms with E-state index in [9.17, 15) is 28.0 Å². The summed E-state index contributed by atoms with van der Waals surface area (Å²) in [5.41, 5.74) is 0. The minimum atomic E-state index is -4.41. The third-order valence-corrected chi connectivity index (χ3v) is 12.2.